The molecular weight excluding hydrogens is 220 g/mol. The van der Waals surface area contributed by atoms with Crippen molar-refractivity contribution in [1.82, 2.24) is 0 Å². The minimum absolute atomic E-state index is 0.115. The Morgan fingerprint density at radius 1 is 1.21 bits per heavy atom. The van der Waals surface area contributed by atoms with Crippen LogP contribution in [-0.2, 0) is 0 Å². The van der Waals surface area contributed by atoms with Crippen LogP contribution in [0.25, 0.3) is 6.08 Å². The monoisotopic (exact) mass is 224 g/mol. The topological polar surface area (TPSA) is 0 Å². The van der Waals surface area contributed by atoms with Gasteiger partial charge < -0.3 is 0 Å². The molecule has 0 spiro atoms. The maximum Gasteiger partial charge on any atom is 0.373 e. The lowest BCUT2D eigenvalue weighted by Crippen LogP contribution is -2.05. The van der Waals surface area contributed by atoms with E-state index in [2.05, 4.69) is 11.6 Å². The van der Waals surface area contributed by atoms with Crippen LogP contribution in [0.3, 0.4) is 0 Å². The predicted molar refractivity (Wildman–Crippen MR) is 46.3 cm³/mol. The Balaban J connectivity index is 2.93. The van der Waals surface area contributed by atoms with Crippen molar-refractivity contribution >= 4 is 17.7 Å². The molecule has 0 nitrogen and oxygen atoms in total. The smallest absolute Gasteiger partial charge is 0.207 e. The van der Waals surface area contributed by atoms with Crippen molar-refractivity contribution in [3.8, 4) is 0 Å². The number of hydrogen-bond acceptors (Lipinski definition) is 0. The van der Waals surface area contributed by atoms with Crippen LogP contribution in [0.1, 0.15) is 5.56 Å². The van der Waals surface area contributed by atoms with E-state index in [1.807, 2.05) is 0 Å². The Kier molecular flexibility index (Phi) is 3.16. The molecule has 14 heavy (non-hydrogen) atoms. The summed E-state index contributed by atoms with van der Waals surface area (Å²) < 4.78 is 49.2. The third-order valence-electron chi connectivity index (χ3n) is 1.43. The van der Waals surface area contributed by atoms with Crippen LogP contribution in [0.2, 0.25) is 0 Å². The zero-order valence-electron chi connectivity index (χ0n) is 6.78. The van der Waals surface area contributed by atoms with Crippen molar-refractivity contribution in [2.24, 2.45) is 0 Å². The molecule has 0 aliphatic carbocycles. The average Bonchev–Trinajstić information content (AvgIpc) is 2.07. The summed E-state index contributed by atoms with van der Waals surface area (Å²) in [7, 11) is 0. The SMILES string of the molecule is F/C(=C\c1ccc(F)cc1)C(F)(F)Cl. The molecule has 0 atom stereocenters. The highest BCUT2D eigenvalue weighted by molar-refractivity contribution is 6.23. The molecule has 0 fully saturated rings. The van der Waals surface area contributed by atoms with Gasteiger partial charge in [-0.1, -0.05) is 12.1 Å². The Hall–Kier alpha value is -1.03. The van der Waals surface area contributed by atoms with E-state index in [-0.39, 0.29) is 5.56 Å². The van der Waals surface area contributed by atoms with Crippen LogP contribution in [0, 0.1) is 5.82 Å². The van der Waals surface area contributed by atoms with Crippen LogP contribution >= 0.6 is 11.6 Å². The van der Waals surface area contributed by atoms with Crippen LogP contribution < -0.4 is 0 Å². The summed E-state index contributed by atoms with van der Waals surface area (Å²) in [5, 5.41) is -4.02. The van der Waals surface area contributed by atoms with Gasteiger partial charge in [0.1, 0.15) is 5.82 Å². The van der Waals surface area contributed by atoms with Gasteiger partial charge in [0.2, 0.25) is 0 Å². The molecule has 0 bridgehead atoms. The normalized spacial score (nSPS) is 13.1. The Morgan fingerprint density at radius 3 is 2.14 bits per heavy atom. The lowest BCUT2D eigenvalue weighted by molar-refractivity contribution is 0.112. The van der Waals surface area contributed by atoms with Crippen molar-refractivity contribution in [2.75, 3.05) is 0 Å². The third-order valence-corrected chi connectivity index (χ3v) is 1.61. The summed E-state index contributed by atoms with van der Waals surface area (Å²) >= 11 is 4.41. The second-order valence-corrected chi connectivity index (χ2v) is 3.02. The fourth-order valence-electron chi connectivity index (χ4n) is 0.787. The average molecular weight is 225 g/mol. The molecule has 1 aromatic carbocycles. The quantitative estimate of drug-likeness (QED) is 0.527. The van der Waals surface area contributed by atoms with E-state index < -0.39 is 17.0 Å². The molecule has 0 unspecified atom stereocenters. The first-order chi connectivity index (χ1) is 6.39. The van der Waals surface area contributed by atoms with Crippen molar-refractivity contribution in [1.29, 1.82) is 0 Å². The van der Waals surface area contributed by atoms with Crippen molar-refractivity contribution < 1.29 is 17.6 Å². The lowest BCUT2D eigenvalue weighted by atomic mass is 10.2. The molecule has 0 aromatic heterocycles. The Bertz CT molecular complexity index is 337. The van der Waals surface area contributed by atoms with E-state index in [1.165, 1.54) is 0 Å². The van der Waals surface area contributed by atoms with Crippen LogP contribution in [0.15, 0.2) is 30.1 Å². The van der Waals surface area contributed by atoms with Gasteiger partial charge in [-0.05, 0) is 35.4 Å². The number of benzene rings is 1. The number of alkyl halides is 3. The molecule has 0 saturated carbocycles. The molecule has 5 heteroatoms. The van der Waals surface area contributed by atoms with E-state index in [0.717, 1.165) is 24.3 Å². The van der Waals surface area contributed by atoms with E-state index in [0.29, 0.717) is 6.08 Å². The van der Waals surface area contributed by atoms with Crippen molar-refractivity contribution in [2.45, 2.75) is 5.38 Å². The number of rotatable bonds is 2. The molecule has 0 heterocycles. The van der Waals surface area contributed by atoms with Gasteiger partial charge in [0.05, 0.1) is 0 Å². The summed E-state index contributed by atoms with van der Waals surface area (Å²) in [4.78, 5) is 0. The van der Waals surface area contributed by atoms with Crippen molar-refractivity contribution in [3.05, 3.63) is 41.5 Å². The summed E-state index contributed by atoms with van der Waals surface area (Å²) in [5.41, 5.74) is 0.115. The standard InChI is InChI=1S/C9H5ClF4/c10-9(13,14)8(12)5-6-1-3-7(11)4-2-6/h1-5H/b8-5-. The van der Waals surface area contributed by atoms with Gasteiger partial charge in [-0.2, -0.15) is 8.78 Å². The number of allylic oxidation sites excluding steroid dienone is 1. The minimum Gasteiger partial charge on any atom is -0.207 e. The lowest BCUT2D eigenvalue weighted by Gasteiger charge is -2.03. The van der Waals surface area contributed by atoms with Crippen LogP contribution in [-0.4, -0.2) is 5.38 Å². The minimum atomic E-state index is -4.02. The molecule has 0 radical (unpaired) electrons. The van der Waals surface area contributed by atoms with E-state index in [1.54, 1.807) is 0 Å². The Morgan fingerprint density at radius 2 is 1.71 bits per heavy atom. The van der Waals surface area contributed by atoms with E-state index in [9.17, 15) is 17.6 Å². The maximum absolute atomic E-state index is 12.6. The fourth-order valence-corrected chi connectivity index (χ4v) is 0.842. The Labute approximate surface area is 82.8 Å². The van der Waals surface area contributed by atoms with Gasteiger partial charge in [0, 0.05) is 0 Å². The molecule has 1 aromatic rings. The first-order valence-electron chi connectivity index (χ1n) is 3.59. The summed E-state index contributed by atoms with van der Waals surface area (Å²) in [6, 6.07) is 4.39. The third kappa shape index (κ3) is 3.03. The second kappa shape index (κ2) is 4.00. The van der Waals surface area contributed by atoms with E-state index in [4.69, 9.17) is 0 Å². The van der Waals surface area contributed by atoms with Gasteiger partial charge in [-0.15, -0.1) is 0 Å². The summed E-state index contributed by atoms with van der Waals surface area (Å²) in [6.45, 7) is 0. The van der Waals surface area contributed by atoms with Gasteiger partial charge >= 0.3 is 5.38 Å². The van der Waals surface area contributed by atoms with Crippen LogP contribution in [0.4, 0.5) is 17.6 Å². The zero-order chi connectivity index (χ0) is 10.8. The fraction of sp³-hybridized carbons (Fsp3) is 0.111. The molecular formula is C9H5ClF4. The van der Waals surface area contributed by atoms with Gasteiger partial charge in [0.15, 0.2) is 5.83 Å². The van der Waals surface area contributed by atoms with E-state index >= 15 is 0 Å². The second-order valence-electron chi connectivity index (χ2n) is 2.54. The summed E-state index contributed by atoms with van der Waals surface area (Å²) in [5.74, 6) is -2.30. The first kappa shape index (κ1) is 11.0. The van der Waals surface area contributed by atoms with Gasteiger partial charge in [-0.25, -0.2) is 8.78 Å². The van der Waals surface area contributed by atoms with Gasteiger partial charge in [-0.3, -0.25) is 0 Å². The molecule has 76 valence electrons. The van der Waals surface area contributed by atoms with Crippen molar-refractivity contribution in [3.63, 3.8) is 0 Å². The molecule has 0 aliphatic rings. The predicted octanol–water partition coefficient (Wildman–Crippen LogP) is 3.97. The molecule has 0 saturated heterocycles. The first-order valence-corrected chi connectivity index (χ1v) is 3.97. The summed E-state index contributed by atoms with van der Waals surface area (Å²) in [6.07, 6.45) is 0.548. The molecule has 0 N–H and O–H groups in total. The van der Waals surface area contributed by atoms with Gasteiger partial charge in [0.25, 0.3) is 0 Å². The highest BCUT2D eigenvalue weighted by Gasteiger charge is 2.31. The number of hydrogen-bond donors (Lipinski definition) is 0. The maximum atomic E-state index is 12.6. The van der Waals surface area contributed by atoms with Crippen LogP contribution in [0.5, 0.6) is 0 Å². The largest absolute Gasteiger partial charge is 0.373 e. The highest BCUT2D eigenvalue weighted by atomic mass is 35.5. The number of halogens is 5. The molecule has 0 amide bonds. The molecule has 1 rings (SSSR count). The molecule has 0 aliphatic heterocycles. The zero-order valence-corrected chi connectivity index (χ0v) is 7.53. The highest BCUT2D eigenvalue weighted by Crippen LogP contribution is 2.30.